The average Bonchev–Trinajstić information content (AvgIpc) is 2.10. The van der Waals surface area contributed by atoms with E-state index in [-0.39, 0.29) is 11.6 Å². The molecule has 0 amide bonds. The molecule has 0 spiro atoms. The highest BCUT2D eigenvalue weighted by Gasteiger charge is 2.01. The number of nitrogens with zero attached hydrogens (tertiary/aromatic N) is 2. The van der Waals surface area contributed by atoms with Crippen molar-refractivity contribution in [3.63, 3.8) is 0 Å². The monoisotopic (exact) mass is 210 g/mol. The van der Waals surface area contributed by atoms with Crippen LogP contribution in [-0.4, -0.2) is 4.98 Å². The summed E-state index contributed by atoms with van der Waals surface area (Å²) < 4.78 is 0. The van der Waals surface area contributed by atoms with Gasteiger partial charge >= 0.3 is 0 Å². The van der Waals surface area contributed by atoms with E-state index in [0.717, 1.165) is 0 Å². The van der Waals surface area contributed by atoms with Gasteiger partial charge in [-0.3, -0.25) is 0 Å². The van der Waals surface area contributed by atoms with Crippen molar-refractivity contribution in [1.82, 2.24) is 4.98 Å². The molecule has 0 aliphatic carbocycles. The Kier molecular flexibility index (Phi) is 3.58. The van der Waals surface area contributed by atoms with E-state index in [4.69, 9.17) is 28.5 Å². The first-order valence-corrected chi connectivity index (χ1v) is 4.17. The van der Waals surface area contributed by atoms with Gasteiger partial charge in [-0.25, -0.2) is 4.98 Å². The van der Waals surface area contributed by atoms with Gasteiger partial charge in [0, 0.05) is 6.20 Å². The number of halogens is 2. The van der Waals surface area contributed by atoms with Gasteiger partial charge in [-0.15, -0.1) is 0 Å². The summed E-state index contributed by atoms with van der Waals surface area (Å²) in [5.74, 6) is 5.30. The van der Waals surface area contributed by atoms with Crippen LogP contribution in [-0.2, 0) is 0 Å². The maximum Gasteiger partial charge on any atom is 0.146 e. The van der Waals surface area contributed by atoms with E-state index >= 15 is 0 Å². The lowest BCUT2D eigenvalue weighted by molar-refractivity contribution is 1.31. The maximum absolute atomic E-state index is 8.25. The summed E-state index contributed by atoms with van der Waals surface area (Å²) in [6.45, 7) is 0. The third kappa shape index (κ3) is 2.63. The Labute approximate surface area is 86.1 Å². The number of aromatic nitrogens is 1. The van der Waals surface area contributed by atoms with Crippen molar-refractivity contribution in [2.75, 3.05) is 0 Å². The van der Waals surface area contributed by atoms with Gasteiger partial charge in [0.2, 0.25) is 0 Å². The van der Waals surface area contributed by atoms with Crippen LogP contribution in [0.25, 0.3) is 0 Å². The lowest BCUT2D eigenvalue weighted by Gasteiger charge is -1.95. The Balaban J connectivity index is 3.03. The molecule has 0 unspecified atom stereocenters. The molecule has 64 valence electrons. The van der Waals surface area contributed by atoms with Crippen molar-refractivity contribution in [3.05, 3.63) is 28.0 Å². The molecule has 0 aliphatic rings. The molecule has 0 saturated carbocycles. The standard InChI is InChI=1S/C9H4Cl2N2/c10-8-4-6-13-9(11)7(8)3-1-2-5-12/h4,6H,2H2. The summed E-state index contributed by atoms with van der Waals surface area (Å²) in [6, 6.07) is 3.50. The molecule has 1 aromatic rings. The summed E-state index contributed by atoms with van der Waals surface area (Å²) in [6.07, 6.45) is 1.65. The number of rotatable bonds is 0. The average molecular weight is 211 g/mol. The molecule has 0 aromatic carbocycles. The second-order valence-electron chi connectivity index (χ2n) is 2.10. The third-order valence-electron chi connectivity index (χ3n) is 1.23. The molecule has 0 aliphatic heterocycles. The minimum absolute atomic E-state index is 0.154. The number of pyridine rings is 1. The van der Waals surface area contributed by atoms with Crippen LogP contribution in [0.1, 0.15) is 12.0 Å². The van der Waals surface area contributed by atoms with E-state index in [2.05, 4.69) is 16.8 Å². The van der Waals surface area contributed by atoms with Gasteiger partial charge in [-0.2, -0.15) is 5.26 Å². The highest BCUT2D eigenvalue weighted by Crippen LogP contribution is 2.20. The van der Waals surface area contributed by atoms with Crippen molar-refractivity contribution >= 4 is 23.2 Å². The Morgan fingerprint density at radius 1 is 1.46 bits per heavy atom. The molecule has 0 saturated heterocycles. The zero-order valence-electron chi connectivity index (χ0n) is 6.51. The molecule has 2 nitrogen and oxygen atoms in total. The zero-order chi connectivity index (χ0) is 9.68. The summed E-state index contributed by atoms with van der Waals surface area (Å²) in [4.78, 5) is 3.81. The molecule has 0 bridgehead atoms. The van der Waals surface area contributed by atoms with Crippen LogP contribution in [0.5, 0.6) is 0 Å². The van der Waals surface area contributed by atoms with Crippen molar-refractivity contribution < 1.29 is 0 Å². The SMILES string of the molecule is N#CCC#Cc1c(Cl)ccnc1Cl. The van der Waals surface area contributed by atoms with Crippen molar-refractivity contribution in [1.29, 1.82) is 5.26 Å². The quantitative estimate of drug-likeness (QED) is 0.488. The third-order valence-corrected chi connectivity index (χ3v) is 1.84. The normalized spacial score (nSPS) is 8.38. The first-order valence-electron chi connectivity index (χ1n) is 3.41. The fourth-order valence-electron chi connectivity index (χ4n) is 0.698. The summed E-state index contributed by atoms with van der Waals surface area (Å²) in [5, 5.41) is 8.96. The van der Waals surface area contributed by atoms with Gasteiger partial charge in [-0.05, 0) is 6.07 Å². The van der Waals surface area contributed by atoms with Gasteiger partial charge < -0.3 is 0 Å². The molecule has 0 radical (unpaired) electrons. The number of hydrogen-bond acceptors (Lipinski definition) is 2. The second-order valence-corrected chi connectivity index (χ2v) is 2.86. The van der Waals surface area contributed by atoms with Gasteiger partial charge in [0.05, 0.1) is 23.1 Å². The minimum Gasteiger partial charge on any atom is -0.243 e. The van der Waals surface area contributed by atoms with Crippen LogP contribution in [0.2, 0.25) is 10.2 Å². The predicted molar refractivity (Wildman–Crippen MR) is 51.4 cm³/mol. The molecule has 0 N–H and O–H groups in total. The maximum atomic E-state index is 8.25. The van der Waals surface area contributed by atoms with Crippen molar-refractivity contribution in [2.24, 2.45) is 0 Å². The molecule has 4 heteroatoms. The van der Waals surface area contributed by atoms with Gasteiger partial charge in [0.25, 0.3) is 0 Å². The largest absolute Gasteiger partial charge is 0.243 e. The van der Waals surface area contributed by atoms with Gasteiger partial charge in [0.1, 0.15) is 5.15 Å². The van der Waals surface area contributed by atoms with E-state index in [9.17, 15) is 0 Å². The zero-order valence-corrected chi connectivity index (χ0v) is 8.02. The number of hydrogen-bond donors (Lipinski definition) is 0. The van der Waals surface area contributed by atoms with E-state index in [0.29, 0.717) is 10.6 Å². The van der Waals surface area contributed by atoms with Crippen LogP contribution in [0.15, 0.2) is 12.3 Å². The molecule has 0 fully saturated rings. The predicted octanol–water partition coefficient (Wildman–Crippen LogP) is 2.65. The van der Waals surface area contributed by atoms with Crippen LogP contribution in [0.3, 0.4) is 0 Å². The topological polar surface area (TPSA) is 36.7 Å². The summed E-state index contributed by atoms with van der Waals surface area (Å²) in [7, 11) is 0. The highest BCUT2D eigenvalue weighted by atomic mass is 35.5. The molecule has 1 aromatic heterocycles. The lowest BCUT2D eigenvalue weighted by atomic mass is 10.3. The second kappa shape index (κ2) is 4.72. The number of nitriles is 1. The molecule has 0 atom stereocenters. The first kappa shape index (κ1) is 9.86. The van der Waals surface area contributed by atoms with E-state index in [1.54, 1.807) is 6.07 Å². The smallest absolute Gasteiger partial charge is 0.146 e. The Bertz CT molecular complexity index is 390. The van der Waals surface area contributed by atoms with Crippen molar-refractivity contribution in [2.45, 2.75) is 6.42 Å². The Morgan fingerprint density at radius 2 is 2.23 bits per heavy atom. The first-order chi connectivity index (χ1) is 6.25. The van der Waals surface area contributed by atoms with Crippen LogP contribution < -0.4 is 0 Å². The highest BCUT2D eigenvalue weighted by molar-refractivity contribution is 6.35. The van der Waals surface area contributed by atoms with Gasteiger partial charge in [0.15, 0.2) is 0 Å². The van der Waals surface area contributed by atoms with Crippen molar-refractivity contribution in [3.8, 4) is 17.9 Å². The summed E-state index contributed by atoms with van der Waals surface area (Å²) >= 11 is 11.5. The van der Waals surface area contributed by atoms with Crippen LogP contribution >= 0.6 is 23.2 Å². The van der Waals surface area contributed by atoms with E-state index in [1.165, 1.54) is 6.20 Å². The lowest BCUT2D eigenvalue weighted by Crippen LogP contribution is -1.82. The fourth-order valence-corrected chi connectivity index (χ4v) is 1.14. The van der Waals surface area contributed by atoms with E-state index < -0.39 is 0 Å². The molecule has 1 rings (SSSR count). The van der Waals surface area contributed by atoms with Crippen LogP contribution in [0, 0.1) is 23.2 Å². The molecule has 1 heterocycles. The minimum atomic E-state index is 0.154. The molecule has 13 heavy (non-hydrogen) atoms. The molecular formula is C9H4Cl2N2. The molecular weight excluding hydrogens is 207 g/mol. The van der Waals surface area contributed by atoms with Crippen LogP contribution in [0.4, 0.5) is 0 Å². The summed E-state index contributed by atoms with van der Waals surface area (Å²) in [5.41, 5.74) is 0.473. The van der Waals surface area contributed by atoms with E-state index in [1.807, 2.05) is 6.07 Å². The van der Waals surface area contributed by atoms with Gasteiger partial charge in [-0.1, -0.05) is 35.0 Å². The Hall–Kier alpha value is -1.22. The Morgan fingerprint density at radius 3 is 2.85 bits per heavy atom. The fraction of sp³-hybridized carbons (Fsp3) is 0.111.